The molecule has 6 heteroatoms. The Morgan fingerprint density at radius 1 is 1.57 bits per heavy atom. The van der Waals surface area contributed by atoms with E-state index in [4.69, 9.17) is 5.73 Å². The molecule has 1 aromatic rings. The number of hydrogen-bond acceptors (Lipinski definition) is 5. The zero-order valence-corrected chi connectivity index (χ0v) is 12.3. The fourth-order valence-electron chi connectivity index (χ4n) is 2.99. The quantitative estimate of drug-likeness (QED) is 0.757. The van der Waals surface area contributed by atoms with Gasteiger partial charge in [-0.1, -0.05) is 19.4 Å². The number of carbonyl (C=O) groups excluding carboxylic acids is 1. The van der Waals surface area contributed by atoms with E-state index in [1.54, 1.807) is 23.1 Å². The molecule has 0 aromatic carbocycles. The molecule has 1 aromatic heterocycles. The summed E-state index contributed by atoms with van der Waals surface area (Å²) in [4.78, 5) is 18.0. The Hall–Kier alpha value is -1.66. The van der Waals surface area contributed by atoms with Gasteiger partial charge >= 0.3 is 0 Å². The van der Waals surface area contributed by atoms with Crippen LogP contribution in [0.1, 0.15) is 36.7 Å². The van der Waals surface area contributed by atoms with E-state index in [9.17, 15) is 15.0 Å². The summed E-state index contributed by atoms with van der Waals surface area (Å²) in [6.07, 6.45) is 1.51. The van der Waals surface area contributed by atoms with Crippen molar-refractivity contribution in [2.24, 2.45) is 5.41 Å². The summed E-state index contributed by atoms with van der Waals surface area (Å²) in [7, 11) is 0. The van der Waals surface area contributed by atoms with Gasteiger partial charge in [-0.15, -0.1) is 0 Å². The number of nitrogens with two attached hydrogens (primary N) is 1. The fraction of sp³-hybridized carbons (Fsp3) is 0.600. The Morgan fingerprint density at radius 3 is 2.90 bits per heavy atom. The third-order valence-electron chi connectivity index (χ3n) is 4.32. The van der Waals surface area contributed by atoms with Crippen molar-refractivity contribution in [1.82, 2.24) is 9.88 Å². The van der Waals surface area contributed by atoms with Gasteiger partial charge in [0.25, 0.3) is 5.91 Å². The Balaban J connectivity index is 2.10. The van der Waals surface area contributed by atoms with Gasteiger partial charge in [0.1, 0.15) is 11.5 Å². The third-order valence-corrected chi connectivity index (χ3v) is 4.32. The maximum Gasteiger partial charge on any atom is 0.272 e. The van der Waals surface area contributed by atoms with Gasteiger partial charge in [-0.3, -0.25) is 4.79 Å². The smallest absolute Gasteiger partial charge is 0.272 e. The molecule has 0 spiro atoms. The van der Waals surface area contributed by atoms with Crippen LogP contribution >= 0.6 is 0 Å². The van der Waals surface area contributed by atoms with Gasteiger partial charge in [0.15, 0.2) is 0 Å². The number of likely N-dealkylation sites (tertiary alicyclic amines) is 1. The van der Waals surface area contributed by atoms with E-state index in [-0.39, 0.29) is 24.8 Å². The predicted molar refractivity (Wildman–Crippen MR) is 79.6 cm³/mol. The molecule has 1 aliphatic heterocycles. The van der Waals surface area contributed by atoms with Crippen LogP contribution in [0.4, 0.5) is 5.82 Å². The summed E-state index contributed by atoms with van der Waals surface area (Å²) in [6, 6.07) is 4.93. The molecule has 0 radical (unpaired) electrons. The van der Waals surface area contributed by atoms with E-state index in [2.05, 4.69) is 4.98 Å². The summed E-state index contributed by atoms with van der Waals surface area (Å²) >= 11 is 0. The molecule has 4 N–H and O–H groups in total. The van der Waals surface area contributed by atoms with Crippen LogP contribution in [-0.4, -0.2) is 51.8 Å². The van der Waals surface area contributed by atoms with Crippen LogP contribution in [0.3, 0.4) is 0 Å². The molecular weight excluding hydrogens is 270 g/mol. The van der Waals surface area contributed by atoms with Crippen LogP contribution in [0.15, 0.2) is 18.2 Å². The molecule has 116 valence electrons. The van der Waals surface area contributed by atoms with Crippen molar-refractivity contribution in [3.63, 3.8) is 0 Å². The standard InChI is InChI=1S/C15H23N3O3/c1-2-6-15(10-19)7-8-18(9-12(15)20)14(21)11-4-3-5-13(16)17-11/h3-5,12,19-20H,2,6-10H2,1H3,(H2,16,17)/t12-,15-/m1/s1. The number of rotatable bonds is 4. The average molecular weight is 293 g/mol. The second-order valence-corrected chi connectivity index (χ2v) is 5.74. The molecule has 1 fully saturated rings. The van der Waals surface area contributed by atoms with Gasteiger partial charge in [0, 0.05) is 18.5 Å². The van der Waals surface area contributed by atoms with Gasteiger partial charge in [-0.05, 0) is 25.0 Å². The second kappa shape index (κ2) is 6.41. The lowest BCUT2D eigenvalue weighted by Gasteiger charge is -2.44. The van der Waals surface area contributed by atoms with Crippen LogP contribution in [0.5, 0.6) is 0 Å². The van der Waals surface area contributed by atoms with Crippen LogP contribution in [0.2, 0.25) is 0 Å². The number of aliphatic hydroxyl groups excluding tert-OH is 2. The number of hydrogen-bond donors (Lipinski definition) is 3. The van der Waals surface area contributed by atoms with Gasteiger partial charge in [0.05, 0.1) is 12.7 Å². The molecule has 0 bridgehead atoms. The van der Waals surface area contributed by atoms with Crippen LogP contribution in [-0.2, 0) is 0 Å². The summed E-state index contributed by atoms with van der Waals surface area (Å²) in [5.41, 5.74) is 5.39. The minimum atomic E-state index is -0.721. The van der Waals surface area contributed by atoms with E-state index in [0.29, 0.717) is 18.8 Å². The van der Waals surface area contributed by atoms with Gasteiger partial charge in [-0.2, -0.15) is 0 Å². The van der Waals surface area contributed by atoms with E-state index in [1.165, 1.54) is 0 Å². The van der Waals surface area contributed by atoms with Crippen LogP contribution in [0, 0.1) is 5.41 Å². The largest absolute Gasteiger partial charge is 0.396 e. The molecule has 0 unspecified atom stereocenters. The summed E-state index contributed by atoms with van der Waals surface area (Å²) < 4.78 is 0. The second-order valence-electron chi connectivity index (χ2n) is 5.74. The maximum atomic E-state index is 12.4. The number of aromatic nitrogens is 1. The first-order valence-corrected chi connectivity index (χ1v) is 7.33. The number of piperidine rings is 1. The van der Waals surface area contributed by atoms with Crippen molar-refractivity contribution in [2.75, 3.05) is 25.4 Å². The van der Waals surface area contributed by atoms with Crippen molar-refractivity contribution in [3.8, 4) is 0 Å². The van der Waals surface area contributed by atoms with Crippen molar-refractivity contribution >= 4 is 11.7 Å². The normalized spacial score (nSPS) is 25.9. The predicted octanol–water partition coefficient (Wildman–Crippen LogP) is 0.649. The lowest BCUT2D eigenvalue weighted by molar-refractivity contribution is -0.0714. The first-order valence-electron chi connectivity index (χ1n) is 7.33. The zero-order chi connectivity index (χ0) is 15.5. The van der Waals surface area contributed by atoms with Crippen molar-refractivity contribution in [3.05, 3.63) is 23.9 Å². The molecular formula is C15H23N3O3. The van der Waals surface area contributed by atoms with E-state index < -0.39 is 11.5 Å². The van der Waals surface area contributed by atoms with Crippen molar-refractivity contribution in [2.45, 2.75) is 32.3 Å². The maximum absolute atomic E-state index is 12.4. The minimum absolute atomic E-state index is 0.0550. The molecule has 21 heavy (non-hydrogen) atoms. The molecule has 1 amide bonds. The lowest BCUT2D eigenvalue weighted by Crippen LogP contribution is -2.54. The van der Waals surface area contributed by atoms with Gasteiger partial charge in [-0.25, -0.2) is 4.98 Å². The highest BCUT2D eigenvalue weighted by molar-refractivity contribution is 5.92. The molecule has 2 heterocycles. The summed E-state index contributed by atoms with van der Waals surface area (Å²) in [6.45, 7) is 2.70. The molecule has 0 saturated carbocycles. The Morgan fingerprint density at radius 2 is 2.33 bits per heavy atom. The molecule has 6 nitrogen and oxygen atoms in total. The first kappa shape index (κ1) is 15.7. The number of nitrogen functional groups attached to an aromatic ring is 1. The van der Waals surface area contributed by atoms with Gasteiger partial charge < -0.3 is 20.8 Å². The monoisotopic (exact) mass is 293 g/mol. The Bertz CT molecular complexity index is 509. The Labute approximate surface area is 124 Å². The highest BCUT2D eigenvalue weighted by Gasteiger charge is 2.42. The lowest BCUT2D eigenvalue weighted by atomic mass is 9.73. The number of carbonyl (C=O) groups is 1. The summed E-state index contributed by atoms with van der Waals surface area (Å²) in [5.74, 6) is 0.0680. The number of nitrogens with zero attached hydrogens (tertiary/aromatic N) is 2. The fourth-order valence-corrected chi connectivity index (χ4v) is 2.99. The van der Waals surface area contributed by atoms with Crippen molar-refractivity contribution < 1.29 is 15.0 Å². The number of anilines is 1. The third kappa shape index (κ3) is 3.16. The molecule has 1 saturated heterocycles. The van der Waals surface area contributed by atoms with E-state index in [1.807, 2.05) is 6.92 Å². The van der Waals surface area contributed by atoms with E-state index in [0.717, 1.165) is 12.8 Å². The van der Waals surface area contributed by atoms with Crippen LogP contribution < -0.4 is 5.73 Å². The average Bonchev–Trinajstić information content (AvgIpc) is 2.49. The molecule has 1 aliphatic rings. The Kier molecular flexibility index (Phi) is 4.80. The van der Waals surface area contributed by atoms with Crippen LogP contribution in [0.25, 0.3) is 0 Å². The topological polar surface area (TPSA) is 99.7 Å². The van der Waals surface area contributed by atoms with Crippen molar-refractivity contribution in [1.29, 1.82) is 0 Å². The zero-order valence-electron chi connectivity index (χ0n) is 12.3. The molecule has 0 aliphatic carbocycles. The number of amides is 1. The van der Waals surface area contributed by atoms with Gasteiger partial charge in [0.2, 0.25) is 0 Å². The SMILES string of the molecule is CCC[C@]1(CO)CCN(C(=O)c2cccc(N)n2)C[C@H]1O. The number of pyridine rings is 1. The highest BCUT2D eigenvalue weighted by atomic mass is 16.3. The number of β-amino-alcohol motifs (C(OH)–C–C–N with tert-alkyl or cyclic N) is 1. The van der Waals surface area contributed by atoms with E-state index >= 15 is 0 Å². The molecule has 2 rings (SSSR count). The first-order chi connectivity index (χ1) is 10.0. The minimum Gasteiger partial charge on any atom is -0.396 e. The molecule has 2 atom stereocenters. The number of aliphatic hydroxyl groups is 2. The summed E-state index contributed by atoms with van der Waals surface area (Å²) in [5, 5.41) is 20.0. The highest BCUT2D eigenvalue weighted by Crippen LogP contribution is 2.36.